The highest BCUT2D eigenvalue weighted by molar-refractivity contribution is 5.88. The molecule has 0 bridgehead atoms. The fourth-order valence-electron chi connectivity index (χ4n) is 8.85. The van der Waals surface area contributed by atoms with Crippen LogP contribution in [-0.4, -0.2) is 36.0 Å². The standard InChI is InChI=1S/C29H37F3N2O2/c1-27-15-12-22-19(8-11-24-28(22,2)16-13-25(35)34(24)3)21(27)9-10-23(27)26(36)33-17-14-18-6-4-5-7-20(18)29(30,31)32/h4-7,17,19,21-24H,8-16H2,1-3H3/t19-,21-,22+,23?,24?,27-,28+/m0/s1. The second-order valence-corrected chi connectivity index (χ2v) is 12.2. The summed E-state index contributed by atoms with van der Waals surface area (Å²) >= 11 is 0. The van der Waals surface area contributed by atoms with Crippen LogP contribution in [0.4, 0.5) is 13.2 Å². The lowest BCUT2D eigenvalue weighted by atomic mass is 9.47. The first-order valence-corrected chi connectivity index (χ1v) is 13.4. The van der Waals surface area contributed by atoms with Gasteiger partial charge in [0.1, 0.15) is 0 Å². The van der Waals surface area contributed by atoms with Crippen molar-refractivity contribution in [3.8, 4) is 0 Å². The van der Waals surface area contributed by atoms with Crippen LogP contribution in [0.3, 0.4) is 0 Å². The van der Waals surface area contributed by atoms with Gasteiger partial charge in [0, 0.05) is 38.1 Å². The Morgan fingerprint density at radius 2 is 1.78 bits per heavy atom. The van der Waals surface area contributed by atoms with Crippen LogP contribution in [-0.2, 0) is 22.2 Å². The molecule has 4 aliphatic rings. The van der Waals surface area contributed by atoms with E-state index in [2.05, 4.69) is 18.8 Å². The molecule has 0 spiro atoms. The van der Waals surface area contributed by atoms with E-state index in [0.717, 1.165) is 51.0 Å². The Bertz CT molecular complexity index is 1070. The summed E-state index contributed by atoms with van der Waals surface area (Å²) in [6.07, 6.45) is 4.51. The fraction of sp³-hybridized carbons (Fsp3) is 0.690. The largest absolute Gasteiger partial charge is 0.416 e. The third kappa shape index (κ3) is 4.01. The predicted molar refractivity (Wildman–Crippen MR) is 132 cm³/mol. The number of amides is 2. The molecule has 1 heterocycles. The van der Waals surface area contributed by atoms with Gasteiger partial charge in [-0.25, -0.2) is 4.99 Å². The lowest BCUT2D eigenvalue weighted by Crippen LogP contribution is -2.61. The number of aliphatic imine (C=N–C) groups is 1. The van der Waals surface area contributed by atoms with Crippen molar-refractivity contribution >= 4 is 18.0 Å². The number of rotatable bonds is 3. The van der Waals surface area contributed by atoms with Crippen LogP contribution in [0.2, 0.25) is 0 Å². The second kappa shape index (κ2) is 8.98. The van der Waals surface area contributed by atoms with E-state index >= 15 is 0 Å². The van der Waals surface area contributed by atoms with Gasteiger partial charge < -0.3 is 4.90 Å². The van der Waals surface area contributed by atoms with Gasteiger partial charge in [-0.1, -0.05) is 32.0 Å². The van der Waals surface area contributed by atoms with Crippen LogP contribution >= 0.6 is 0 Å². The molecule has 0 N–H and O–H groups in total. The molecule has 1 aromatic rings. The number of hydrogen-bond acceptors (Lipinski definition) is 2. The van der Waals surface area contributed by atoms with E-state index < -0.39 is 11.7 Å². The van der Waals surface area contributed by atoms with Crippen molar-refractivity contribution in [3.63, 3.8) is 0 Å². The van der Waals surface area contributed by atoms with Crippen molar-refractivity contribution in [2.75, 3.05) is 7.05 Å². The lowest BCUT2D eigenvalue weighted by molar-refractivity contribution is -0.159. The molecule has 3 aliphatic carbocycles. The maximum Gasteiger partial charge on any atom is 0.416 e. The summed E-state index contributed by atoms with van der Waals surface area (Å²) in [5, 5.41) is 0. The molecule has 1 aromatic carbocycles. The first kappa shape index (κ1) is 25.5. The van der Waals surface area contributed by atoms with E-state index in [1.807, 2.05) is 11.9 Å². The zero-order valence-corrected chi connectivity index (χ0v) is 21.5. The van der Waals surface area contributed by atoms with Gasteiger partial charge in [-0.2, -0.15) is 13.2 Å². The summed E-state index contributed by atoms with van der Waals surface area (Å²) in [5.74, 6) is 1.52. The van der Waals surface area contributed by atoms with E-state index in [9.17, 15) is 22.8 Å². The fourth-order valence-corrected chi connectivity index (χ4v) is 8.85. The highest BCUT2D eigenvalue weighted by Gasteiger charge is 2.62. The topological polar surface area (TPSA) is 49.7 Å². The smallest absolute Gasteiger partial charge is 0.342 e. The van der Waals surface area contributed by atoms with E-state index in [-0.39, 0.29) is 40.5 Å². The number of carbonyl (C=O) groups excluding carboxylic acids is 2. The number of benzene rings is 1. The molecule has 1 aliphatic heterocycles. The molecule has 2 unspecified atom stereocenters. The molecule has 36 heavy (non-hydrogen) atoms. The molecule has 7 atom stereocenters. The monoisotopic (exact) mass is 502 g/mol. The normalized spacial score (nSPS) is 38.6. The van der Waals surface area contributed by atoms with Crippen molar-refractivity contribution in [2.24, 2.45) is 39.5 Å². The highest BCUT2D eigenvalue weighted by atomic mass is 19.4. The molecule has 3 saturated carbocycles. The molecule has 7 heteroatoms. The Labute approximate surface area is 211 Å². The molecule has 5 rings (SSSR count). The molecule has 4 nitrogen and oxygen atoms in total. The Morgan fingerprint density at radius 3 is 2.53 bits per heavy atom. The minimum Gasteiger partial charge on any atom is -0.342 e. The maximum absolute atomic E-state index is 13.3. The number of piperidine rings is 1. The highest BCUT2D eigenvalue weighted by Crippen LogP contribution is 2.66. The van der Waals surface area contributed by atoms with Gasteiger partial charge in [-0.15, -0.1) is 0 Å². The summed E-state index contributed by atoms with van der Waals surface area (Å²) in [5.41, 5.74) is -0.509. The van der Waals surface area contributed by atoms with Gasteiger partial charge in [-0.05, 0) is 85.2 Å². The van der Waals surface area contributed by atoms with Gasteiger partial charge in [0.2, 0.25) is 11.8 Å². The van der Waals surface area contributed by atoms with Gasteiger partial charge >= 0.3 is 6.18 Å². The van der Waals surface area contributed by atoms with E-state index in [4.69, 9.17) is 0 Å². The Kier molecular flexibility index (Phi) is 6.36. The predicted octanol–water partition coefficient (Wildman–Crippen LogP) is 6.32. The van der Waals surface area contributed by atoms with Crippen molar-refractivity contribution in [1.82, 2.24) is 4.90 Å². The van der Waals surface area contributed by atoms with Crippen LogP contribution in [0.15, 0.2) is 29.3 Å². The first-order valence-electron chi connectivity index (χ1n) is 13.4. The van der Waals surface area contributed by atoms with Gasteiger partial charge in [-0.3, -0.25) is 9.59 Å². The zero-order chi connectivity index (χ0) is 25.9. The minimum absolute atomic E-state index is 0.00896. The average molecular weight is 503 g/mol. The van der Waals surface area contributed by atoms with Crippen molar-refractivity contribution < 1.29 is 22.8 Å². The zero-order valence-electron chi connectivity index (χ0n) is 21.5. The number of hydrogen-bond donors (Lipinski definition) is 0. The Hall–Kier alpha value is -2.18. The van der Waals surface area contributed by atoms with Crippen LogP contribution in [0.1, 0.15) is 76.3 Å². The maximum atomic E-state index is 13.3. The van der Waals surface area contributed by atoms with E-state index in [0.29, 0.717) is 30.2 Å². The van der Waals surface area contributed by atoms with Crippen LogP contribution in [0, 0.1) is 34.5 Å². The van der Waals surface area contributed by atoms with Crippen molar-refractivity contribution in [2.45, 2.75) is 83.9 Å². The van der Waals surface area contributed by atoms with E-state index in [1.165, 1.54) is 18.3 Å². The number of likely N-dealkylation sites (tertiary alicyclic amines) is 1. The number of halogens is 3. The first-order chi connectivity index (χ1) is 17.0. The molecule has 1 saturated heterocycles. The van der Waals surface area contributed by atoms with Crippen molar-refractivity contribution in [1.29, 1.82) is 0 Å². The third-order valence-corrected chi connectivity index (χ3v) is 10.7. The Balaban J connectivity index is 1.30. The van der Waals surface area contributed by atoms with Crippen LogP contribution in [0.25, 0.3) is 0 Å². The lowest BCUT2D eigenvalue weighted by Gasteiger charge is -2.61. The summed E-state index contributed by atoms with van der Waals surface area (Å²) < 4.78 is 39.9. The molecule has 196 valence electrons. The summed E-state index contributed by atoms with van der Waals surface area (Å²) in [7, 11) is 1.97. The molecule has 2 amide bonds. The van der Waals surface area contributed by atoms with Crippen LogP contribution < -0.4 is 0 Å². The van der Waals surface area contributed by atoms with Gasteiger partial charge in [0.15, 0.2) is 0 Å². The Morgan fingerprint density at radius 1 is 1.06 bits per heavy atom. The van der Waals surface area contributed by atoms with Gasteiger partial charge in [0.25, 0.3) is 0 Å². The number of fused-ring (bicyclic) bond motifs is 5. The number of carbonyl (C=O) groups is 2. The SMILES string of the molecule is CN1C(=O)CC[C@@]2(C)C1CC[C@@H]1[C@H]2CC[C@]2(C)C(C(=O)N=CCc3ccccc3C(F)(F)F)CC[C@@H]12. The van der Waals surface area contributed by atoms with Crippen molar-refractivity contribution in [3.05, 3.63) is 35.4 Å². The molecular formula is C29H37F3N2O2. The molecule has 0 aromatic heterocycles. The second-order valence-electron chi connectivity index (χ2n) is 12.2. The number of nitrogens with zero attached hydrogens (tertiary/aromatic N) is 2. The molecule has 0 radical (unpaired) electrons. The summed E-state index contributed by atoms with van der Waals surface area (Å²) in [6.45, 7) is 4.64. The van der Waals surface area contributed by atoms with Gasteiger partial charge in [0.05, 0.1) is 5.56 Å². The summed E-state index contributed by atoms with van der Waals surface area (Å²) in [6, 6.07) is 5.78. The third-order valence-electron chi connectivity index (χ3n) is 10.7. The summed E-state index contributed by atoms with van der Waals surface area (Å²) in [4.78, 5) is 31.8. The van der Waals surface area contributed by atoms with Crippen LogP contribution in [0.5, 0.6) is 0 Å². The molecule has 4 fully saturated rings. The average Bonchev–Trinajstić information content (AvgIpc) is 3.19. The minimum atomic E-state index is -4.42. The number of alkyl halides is 3. The molecular weight excluding hydrogens is 465 g/mol. The quantitative estimate of drug-likeness (QED) is 0.454. The van der Waals surface area contributed by atoms with E-state index in [1.54, 1.807) is 6.07 Å².